The molecule has 0 saturated carbocycles. The van der Waals surface area contributed by atoms with Gasteiger partial charge >= 0.3 is 18.0 Å². The first-order valence-corrected chi connectivity index (χ1v) is 14.9. The molecule has 3 atom stereocenters. The van der Waals surface area contributed by atoms with Crippen molar-refractivity contribution >= 4 is 40.9 Å². The first kappa shape index (κ1) is 29.8. The topological polar surface area (TPSA) is 128 Å². The van der Waals surface area contributed by atoms with Gasteiger partial charge in [0, 0.05) is 50.8 Å². The van der Waals surface area contributed by atoms with E-state index < -0.39 is 29.3 Å². The lowest BCUT2D eigenvalue weighted by Gasteiger charge is -2.38. The van der Waals surface area contributed by atoms with Gasteiger partial charge in [-0.25, -0.2) is 19.2 Å². The van der Waals surface area contributed by atoms with E-state index in [1.54, 1.807) is 55.8 Å². The van der Waals surface area contributed by atoms with Crippen molar-refractivity contribution in [2.24, 2.45) is 21.3 Å². The fraction of sp³-hybridized carbons (Fsp3) is 0.517. The number of aliphatic imine (C=N–C) groups is 2. The van der Waals surface area contributed by atoms with Gasteiger partial charge in [-0.05, 0) is 44.9 Å². The summed E-state index contributed by atoms with van der Waals surface area (Å²) in [6, 6.07) is 3.72. The number of aromatic nitrogens is 1. The van der Waals surface area contributed by atoms with E-state index in [0.29, 0.717) is 60.4 Å². The third kappa shape index (κ3) is 5.80. The zero-order chi connectivity index (χ0) is 30.2. The lowest BCUT2D eigenvalue weighted by Crippen LogP contribution is -2.54. The first-order chi connectivity index (χ1) is 20.0. The van der Waals surface area contributed by atoms with Crippen LogP contribution in [-0.4, -0.2) is 106 Å². The number of piperazine rings is 1. The van der Waals surface area contributed by atoms with Gasteiger partial charge < -0.3 is 19.6 Å². The van der Waals surface area contributed by atoms with Gasteiger partial charge in [-0.2, -0.15) is 0 Å². The summed E-state index contributed by atoms with van der Waals surface area (Å²) >= 11 is 1.38. The van der Waals surface area contributed by atoms with Crippen LogP contribution in [0.5, 0.6) is 0 Å². The number of rotatable bonds is 9. The van der Waals surface area contributed by atoms with E-state index in [9.17, 15) is 23.9 Å². The van der Waals surface area contributed by atoms with Crippen LogP contribution < -0.4 is 0 Å². The summed E-state index contributed by atoms with van der Waals surface area (Å²) in [5.74, 6) is -2.31. The van der Waals surface area contributed by atoms with Crippen molar-refractivity contribution in [3.8, 4) is 0 Å². The predicted octanol–water partition coefficient (Wildman–Crippen LogP) is 3.25. The molecule has 4 heterocycles. The van der Waals surface area contributed by atoms with E-state index in [1.807, 2.05) is 5.38 Å². The summed E-state index contributed by atoms with van der Waals surface area (Å²) in [5.41, 5.74) is 0.465. The van der Waals surface area contributed by atoms with E-state index >= 15 is 0 Å². The SMILES string of the molecule is CCOC(=O)C1C(CN2CCN3C(=O)N(CC(C)(C)C(=O)O)C[C@@H]3C2)=NC(c2nccs2)=N[C@H]1c1cccc(F)c1C. The molecule has 2 saturated heterocycles. The van der Waals surface area contributed by atoms with Crippen LogP contribution in [-0.2, 0) is 14.3 Å². The minimum absolute atomic E-state index is 0.119. The molecule has 3 aliphatic rings. The molecule has 1 unspecified atom stereocenters. The predicted molar refractivity (Wildman–Crippen MR) is 155 cm³/mol. The zero-order valence-electron chi connectivity index (χ0n) is 24.1. The number of thiazole rings is 1. The number of hydrogen-bond acceptors (Lipinski definition) is 9. The monoisotopic (exact) mass is 598 g/mol. The molecule has 1 aromatic carbocycles. The molecule has 2 aromatic rings. The second-order valence-corrected chi connectivity index (χ2v) is 12.4. The maximum atomic E-state index is 14.7. The van der Waals surface area contributed by atoms with Crippen LogP contribution in [0.25, 0.3) is 0 Å². The Morgan fingerprint density at radius 3 is 2.71 bits per heavy atom. The van der Waals surface area contributed by atoms with Gasteiger partial charge in [0.25, 0.3) is 0 Å². The van der Waals surface area contributed by atoms with Crippen LogP contribution in [0.3, 0.4) is 0 Å². The first-order valence-electron chi connectivity index (χ1n) is 14.0. The van der Waals surface area contributed by atoms with E-state index in [4.69, 9.17) is 14.7 Å². The highest BCUT2D eigenvalue weighted by Crippen LogP contribution is 2.36. The van der Waals surface area contributed by atoms with Gasteiger partial charge in [-0.15, -0.1) is 11.3 Å². The van der Waals surface area contributed by atoms with Gasteiger partial charge in [-0.3, -0.25) is 19.5 Å². The Hall–Kier alpha value is -3.71. The highest BCUT2D eigenvalue weighted by atomic mass is 32.1. The van der Waals surface area contributed by atoms with Gasteiger partial charge in [0.2, 0.25) is 0 Å². The molecule has 0 aliphatic carbocycles. The number of hydrogen-bond donors (Lipinski definition) is 1. The molecule has 2 amide bonds. The Labute approximate surface area is 247 Å². The number of amides is 2. The standard InChI is InChI=1S/C29H35FN6O5S/c1-5-41-26(37)22-21(15-34-10-11-36-18(13-34)14-35(28(36)40)16-29(3,4)27(38)39)32-24(25-31-9-12-42-25)33-23(22)19-7-6-8-20(30)17(19)2/h6-9,12,18,22-23H,5,10-11,13-16H2,1-4H3,(H,38,39)/t18-,22?,23-/m0/s1. The summed E-state index contributed by atoms with van der Waals surface area (Å²) in [4.78, 5) is 57.8. The van der Waals surface area contributed by atoms with Crippen molar-refractivity contribution < 1.29 is 28.6 Å². The van der Waals surface area contributed by atoms with Gasteiger partial charge in [0.1, 0.15) is 11.7 Å². The van der Waals surface area contributed by atoms with Gasteiger partial charge in [0.05, 0.1) is 29.8 Å². The summed E-state index contributed by atoms with van der Waals surface area (Å²) < 4.78 is 20.2. The number of carbonyl (C=O) groups excluding carboxylic acids is 2. The molecule has 0 spiro atoms. The fourth-order valence-electron chi connectivity index (χ4n) is 5.78. The van der Waals surface area contributed by atoms with Crippen molar-refractivity contribution in [2.75, 3.05) is 45.9 Å². The Balaban J connectivity index is 1.44. The van der Waals surface area contributed by atoms with E-state index in [-0.39, 0.29) is 31.0 Å². The van der Waals surface area contributed by atoms with Gasteiger partial charge in [-0.1, -0.05) is 12.1 Å². The van der Waals surface area contributed by atoms with Crippen LogP contribution in [0.1, 0.15) is 42.9 Å². The van der Waals surface area contributed by atoms with Crippen LogP contribution in [0, 0.1) is 24.1 Å². The number of amidine groups is 1. The number of carboxylic acid groups (broad SMARTS) is 1. The highest BCUT2D eigenvalue weighted by Gasteiger charge is 2.45. The van der Waals surface area contributed by atoms with Crippen LogP contribution in [0.15, 0.2) is 39.8 Å². The summed E-state index contributed by atoms with van der Waals surface area (Å²) in [6.45, 7) is 9.18. The third-order valence-corrected chi connectivity index (χ3v) is 8.81. The maximum absolute atomic E-state index is 14.7. The second kappa shape index (κ2) is 11.9. The number of halogens is 1. The summed E-state index contributed by atoms with van der Waals surface area (Å²) in [5, 5.41) is 12.0. The summed E-state index contributed by atoms with van der Waals surface area (Å²) in [7, 11) is 0. The minimum Gasteiger partial charge on any atom is -0.481 e. The number of esters is 1. The highest BCUT2D eigenvalue weighted by molar-refractivity contribution is 7.11. The fourth-order valence-corrected chi connectivity index (χ4v) is 6.35. The average Bonchev–Trinajstić information content (AvgIpc) is 3.58. The molecule has 2 fully saturated rings. The number of carboxylic acids is 1. The van der Waals surface area contributed by atoms with Crippen LogP contribution in [0.4, 0.5) is 9.18 Å². The molecule has 224 valence electrons. The number of urea groups is 1. The van der Waals surface area contributed by atoms with Crippen molar-refractivity contribution in [1.29, 1.82) is 0 Å². The van der Waals surface area contributed by atoms with Crippen molar-refractivity contribution in [1.82, 2.24) is 19.7 Å². The van der Waals surface area contributed by atoms with Crippen LogP contribution >= 0.6 is 11.3 Å². The molecule has 13 heteroatoms. The van der Waals surface area contributed by atoms with Crippen molar-refractivity contribution in [3.05, 3.63) is 51.7 Å². The third-order valence-electron chi connectivity index (χ3n) is 8.04. The number of aliphatic carboxylic acids is 1. The molecule has 1 aromatic heterocycles. The average molecular weight is 599 g/mol. The molecule has 5 rings (SSSR count). The number of ether oxygens (including phenoxy) is 1. The molecule has 3 aliphatic heterocycles. The normalized spacial score (nSPS) is 23.0. The lowest BCUT2D eigenvalue weighted by molar-refractivity contribution is -0.148. The largest absolute Gasteiger partial charge is 0.481 e. The summed E-state index contributed by atoms with van der Waals surface area (Å²) in [6.07, 6.45) is 1.66. The molecule has 11 nitrogen and oxygen atoms in total. The number of carbonyl (C=O) groups is 3. The number of fused-ring (bicyclic) bond motifs is 1. The molecule has 0 radical (unpaired) electrons. The quantitative estimate of drug-likeness (QED) is 0.439. The maximum Gasteiger partial charge on any atom is 0.320 e. The van der Waals surface area contributed by atoms with Gasteiger partial charge in [0.15, 0.2) is 10.8 Å². The van der Waals surface area contributed by atoms with Crippen LogP contribution in [0.2, 0.25) is 0 Å². The Kier molecular flexibility index (Phi) is 8.42. The molecule has 1 N–H and O–H groups in total. The smallest absolute Gasteiger partial charge is 0.320 e. The molecule has 42 heavy (non-hydrogen) atoms. The molecular weight excluding hydrogens is 563 g/mol. The second-order valence-electron chi connectivity index (χ2n) is 11.5. The lowest BCUT2D eigenvalue weighted by atomic mass is 9.85. The Bertz CT molecular complexity index is 1430. The number of benzene rings is 1. The Morgan fingerprint density at radius 2 is 2.02 bits per heavy atom. The van der Waals surface area contributed by atoms with E-state index in [0.717, 1.165) is 0 Å². The van der Waals surface area contributed by atoms with E-state index in [1.165, 1.54) is 17.4 Å². The van der Waals surface area contributed by atoms with E-state index in [2.05, 4.69) is 9.88 Å². The molecular formula is C29H35FN6O5S. The Morgan fingerprint density at radius 1 is 1.24 bits per heavy atom. The minimum atomic E-state index is -1.07. The zero-order valence-corrected chi connectivity index (χ0v) is 24.9. The molecule has 0 bridgehead atoms. The number of nitrogens with zero attached hydrogens (tertiary/aromatic N) is 6. The van der Waals surface area contributed by atoms with Crippen molar-refractivity contribution in [2.45, 2.75) is 39.8 Å². The van der Waals surface area contributed by atoms with Crippen molar-refractivity contribution in [3.63, 3.8) is 0 Å².